The van der Waals surface area contributed by atoms with Crippen molar-refractivity contribution in [3.05, 3.63) is 60.8 Å². The Morgan fingerprint density at radius 1 is 0.875 bits per heavy atom. The highest BCUT2D eigenvalue weighted by atomic mass is 16.7. The summed E-state index contributed by atoms with van der Waals surface area (Å²) in [6.45, 7) is 1.29. The molecule has 0 bridgehead atoms. The molecule has 2 rings (SSSR count). The Kier molecular flexibility index (Phi) is 16.2. The zero-order chi connectivity index (χ0) is 29.3. The number of carbonyl (C=O) groups is 1. The third-order valence-electron chi connectivity index (χ3n) is 6.66. The first-order chi connectivity index (χ1) is 19.2. The van der Waals surface area contributed by atoms with E-state index in [1.54, 1.807) is 48.6 Å². The van der Waals surface area contributed by atoms with Gasteiger partial charge >= 0.3 is 5.97 Å². The van der Waals surface area contributed by atoms with Gasteiger partial charge in [-0.2, -0.15) is 0 Å². The maximum atomic E-state index is 12.1. The van der Waals surface area contributed by atoms with Crippen LogP contribution in [0.15, 0.2) is 60.8 Å². The molecule has 0 aromatic heterocycles. The van der Waals surface area contributed by atoms with Crippen LogP contribution in [0.1, 0.15) is 58.3 Å². The van der Waals surface area contributed by atoms with Gasteiger partial charge in [0.2, 0.25) is 0 Å². The van der Waals surface area contributed by atoms with E-state index in [-0.39, 0.29) is 12.5 Å². The second-order valence-corrected chi connectivity index (χ2v) is 10.2. The fourth-order valence-corrected chi connectivity index (χ4v) is 4.33. The molecule has 0 spiro atoms. The van der Waals surface area contributed by atoms with E-state index in [4.69, 9.17) is 14.2 Å². The van der Waals surface area contributed by atoms with Crippen LogP contribution < -0.4 is 0 Å². The summed E-state index contributed by atoms with van der Waals surface area (Å²) in [6.07, 6.45) is 12.8. The normalized spacial score (nSPS) is 40.2. The largest absolute Gasteiger partial charge is 0.460 e. The lowest BCUT2D eigenvalue weighted by atomic mass is 9.99. The number of ether oxygens (including phenoxy) is 3. The van der Waals surface area contributed by atoms with Crippen LogP contribution in [0.2, 0.25) is 0 Å². The van der Waals surface area contributed by atoms with Gasteiger partial charge in [-0.1, -0.05) is 61.1 Å². The smallest absolute Gasteiger partial charge is 0.331 e. The molecule has 0 radical (unpaired) electrons. The van der Waals surface area contributed by atoms with Crippen LogP contribution >= 0.6 is 0 Å². The Morgan fingerprint density at radius 3 is 2.40 bits per heavy atom. The topological polar surface area (TPSA) is 166 Å². The molecule has 0 unspecified atom stereocenters. The predicted molar refractivity (Wildman–Crippen MR) is 149 cm³/mol. The van der Waals surface area contributed by atoms with E-state index in [0.717, 1.165) is 32.1 Å². The van der Waals surface area contributed by atoms with Crippen LogP contribution in [-0.4, -0.2) is 98.3 Å². The van der Waals surface area contributed by atoms with Crippen LogP contribution in [0.3, 0.4) is 0 Å². The highest BCUT2D eigenvalue weighted by Gasteiger charge is 2.44. The maximum Gasteiger partial charge on any atom is 0.331 e. The molecule has 1 fully saturated rings. The van der Waals surface area contributed by atoms with Gasteiger partial charge in [0, 0.05) is 12.5 Å². The highest BCUT2D eigenvalue weighted by Crippen LogP contribution is 2.24. The number of hydrogen-bond donors (Lipinski definition) is 6. The lowest BCUT2D eigenvalue weighted by Gasteiger charge is -2.40. The van der Waals surface area contributed by atoms with E-state index in [9.17, 15) is 35.4 Å². The van der Waals surface area contributed by atoms with Crippen LogP contribution in [-0.2, 0) is 19.0 Å². The second-order valence-electron chi connectivity index (χ2n) is 10.2. The molecule has 2 heterocycles. The number of hydrogen-bond acceptors (Lipinski definition) is 10. The second kappa shape index (κ2) is 19.1. The summed E-state index contributed by atoms with van der Waals surface area (Å²) < 4.78 is 16.7. The van der Waals surface area contributed by atoms with Crippen LogP contribution in [0, 0.1) is 0 Å². The first-order valence-corrected chi connectivity index (χ1v) is 14.1. The van der Waals surface area contributed by atoms with E-state index < -0.39 is 61.6 Å². The van der Waals surface area contributed by atoms with Gasteiger partial charge in [0.05, 0.1) is 31.0 Å². The number of allylic oxidation sites excluding steroid dienone is 5. The molecule has 10 heteroatoms. The number of cyclic esters (lactones) is 1. The molecule has 1 saturated heterocycles. The fourth-order valence-electron chi connectivity index (χ4n) is 4.33. The average molecular weight is 567 g/mol. The quantitative estimate of drug-likeness (QED) is 0.219. The maximum absolute atomic E-state index is 12.1. The molecule has 9 atom stereocenters. The van der Waals surface area contributed by atoms with Gasteiger partial charge in [0.15, 0.2) is 6.29 Å². The van der Waals surface area contributed by atoms with Crippen molar-refractivity contribution < 1.29 is 49.6 Å². The first kappa shape index (κ1) is 34.1. The van der Waals surface area contributed by atoms with Gasteiger partial charge in [-0.25, -0.2) is 4.79 Å². The Hall–Kier alpha value is -2.15. The molecular formula is C30H46O10. The molecule has 10 nitrogen and oxygen atoms in total. The molecule has 40 heavy (non-hydrogen) atoms. The summed E-state index contributed by atoms with van der Waals surface area (Å²) in [5, 5.41) is 60.2. The van der Waals surface area contributed by atoms with Crippen molar-refractivity contribution in [3.63, 3.8) is 0 Å². The van der Waals surface area contributed by atoms with Gasteiger partial charge in [-0.15, -0.1) is 0 Å². The minimum absolute atomic E-state index is 0.208. The van der Waals surface area contributed by atoms with Gasteiger partial charge in [-0.05, 0) is 45.4 Å². The van der Waals surface area contributed by atoms with Crippen molar-refractivity contribution in [3.8, 4) is 0 Å². The molecule has 0 aromatic carbocycles. The molecule has 2 aliphatic rings. The molecule has 0 aromatic rings. The van der Waals surface area contributed by atoms with Crippen LogP contribution in [0.4, 0.5) is 0 Å². The monoisotopic (exact) mass is 566 g/mol. The zero-order valence-electron chi connectivity index (χ0n) is 23.1. The fraction of sp³-hybridized carbons (Fsp3) is 0.633. The molecule has 0 amide bonds. The van der Waals surface area contributed by atoms with Gasteiger partial charge in [-0.3, -0.25) is 0 Å². The minimum Gasteiger partial charge on any atom is -0.460 e. The van der Waals surface area contributed by atoms with Gasteiger partial charge in [0.25, 0.3) is 0 Å². The van der Waals surface area contributed by atoms with Crippen LogP contribution in [0.5, 0.6) is 0 Å². The summed E-state index contributed by atoms with van der Waals surface area (Å²) in [6, 6.07) is 0. The highest BCUT2D eigenvalue weighted by molar-refractivity contribution is 5.82. The number of aliphatic hydroxyl groups excluding tert-OH is 6. The minimum atomic E-state index is -1.56. The Morgan fingerprint density at radius 2 is 1.62 bits per heavy atom. The molecular weight excluding hydrogens is 520 g/mol. The molecule has 6 N–H and O–H groups in total. The Labute approximate surface area is 236 Å². The van der Waals surface area contributed by atoms with Crippen LogP contribution in [0.25, 0.3) is 0 Å². The van der Waals surface area contributed by atoms with E-state index in [0.29, 0.717) is 12.8 Å². The number of esters is 1. The standard InChI is InChI=1S/C30H46O10/c1-21-13-7-3-2-4-8-14-22(32)19-23(33)15-9-5-10-16-24(17-11-6-12-18-26(34)38-21)39-30-29(37)28(36)27(35)25(20-31)40-30/h5-6,8-12,14,16,18,21-25,27-33,35-37H,2-4,7,13,15,17,19-20H2,1H3/b9-5-,11-6+,14-8+,16-10+,18-12-/t21-,22+,23+,24-,25+,27+,28-,29+,30+/m1/s1. The van der Waals surface area contributed by atoms with Crippen molar-refractivity contribution in [1.29, 1.82) is 0 Å². The van der Waals surface area contributed by atoms with Crippen molar-refractivity contribution >= 4 is 5.97 Å². The SMILES string of the molecule is C[C@@H]1CCCCC/C=C/[C@H](O)C[C@@H](O)C/C=C\C=C\[C@@H](O[C@H]2O[C@@H](CO)[C@H](O)[C@@H](O)[C@@H]2O)C/C=C/C=C\C(=O)O1. The predicted octanol–water partition coefficient (Wildman–Crippen LogP) is 1.74. The molecule has 226 valence electrons. The zero-order valence-corrected chi connectivity index (χ0v) is 23.1. The number of carbonyl (C=O) groups excluding carboxylic acids is 1. The van der Waals surface area contributed by atoms with E-state index in [2.05, 4.69) is 0 Å². The average Bonchev–Trinajstić information content (AvgIpc) is 2.91. The summed E-state index contributed by atoms with van der Waals surface area (Å²) in [4.78, 5) is 12.1. The summed E-state index contributed by atoms with van der Waals surface area (Å²) in [5.41, 5.74) is 0. The Balaban J connectivity index is 2.10. The van der Waals surface area contributed by atoms with E-state index >= 15 is 0 Å². The lowest BCUT2D eigenvalue weighted by molar-refractivity contribution is -0.307. The third-order valence-corrected chi connectivity index (χ3v) is 6.66. The molecule has 0 saturated carbocycles. The van der Waals surface area contributed by atoms with E-state index in [1.807, 2.05) is 13.0 Å². The summed E-state index contributed by atoms with van der Waals surface area (Å²) >= 11 is 0. The van der Waals surface area contributed by atoms with Crippen molar-refractivity contribution in [2.75, 3.05) is 6.61 Å². The first-order valence-electron chi connectivity index (χ1n) is 14.1. The van der Waals surface area contributed by atoms with Crippen molar-refractivity contribution in [1.82, 2.24) is 0 Å². The lowest BCUT2D eigenvalue weighted by Crippen LogP contribution is -2.59. The molecule has 0 aliphatic carbocycles. The summed E-state index contributed by atoms with van der Waals surface area (Å²) in [5.74, 6) is -0.440. The molecule has 2 aliphatic heterocycles. The summed E-state index contributed by atoms with van der Waals surface area (Å²) in [7, 11) is 0. The van der Waals surface area contributed by atoms with E-state index in [1.165, 1.54) is 6.08 Å². The van der Waals surface area contributed by atoms with Crippen molar-refractivity contribution in [2.24, 2.45) is 0 Å². The number of rotatable bonds is 3. The Bertz CT molecular complexity index is 865. The van der Waals surface area contributed by atoms with Crippen molar-refractivity contribution in [2.45, 2.75) is 113 Å². The number of aliphatic hydroxyl groups is 6. The van der Waals surface area contributed by atoms with Gasteiger partial charge in [0.1, 0.15) is 24.4 Å². The third kappa shape index (κ3) is 13.0. The van der Waals surface area contributed by atoms with Gasteiger partial charge < -0.3 is 44.8 Å².